The quantitative estimate of drug-likeness (QED) is 0.568. The molecular weight excluding hydrogens is 218 g/mol. The van der Waals surface area contributed by atoms with E-state index in [1.54, 1.807) is 13.1 Å². The molecule has 1 aromatic heterocycles. The number of likely N-dealkylation sites (N-methyl/N-ethyl adjacent to an activating group) is 1. The van der Waals surface area contributed by atoms with Gasteiger partial charge in [-0.2, -0.15) is 0 Å². The summed E-state index contributed by atoms with van der Waals surface area (Å²) in [6, 6.07) is 3.14. The molecular formula is C8H11N3O3S. The van der Waals surface area contributed by atoms with E-state index in [0.717, 1.165) is 16.2 Å². The first kappa shape index (κ1) is 11.6. The lowest BCUT2D eigenvalue weighted by molar-refractivity contribution is -0.380. The Morgan fingerprint density at radius 2 is 2.33 bits per heavy atom. The first-order valence-electron chi connectivity index (χ1n) is 4.28. The van der Waals surface area contributed by atoms with E-state index in [-0.39, 0.29) is 17.5 Å². The number of carbonyl (C=O) groups is 1. The third kappa shape index (κ3) is 3.64. The predicted octanol–water partition coefficient (Wildman–Crippen LogP) is 0.492. The zero-order chi connectivity index (χ0) is 11.3. The van der Waals surface area contributed by atoms with E-state index in [0.29, 0.717) is 6.54 Å². The molecule has 1 amide bonds. The molecule has 1 heterocycles. The number of hydrogen-bond acceptors (Lipinski definition) is 5. The van der Waals surface area contributed by atoms with E-state index in [1.807, 2.05) is 0 Å². The van der Waals surface area contributed by atoms with Crippen molar-refractivity contribution >= 4 is 22.2 Å². The van der Waals surface area contributed by atoms with E-state index in [4.69, 9.17) is 0 Å². The molecule has 0 unspecified atom stereocenters. The minimum atomic E-state index is -0.424. The van der Waals surface area contributed by atoms with Crippen LogP contribution in [0.4, 0.5) is 5.00 Å². The summed E-state index contributed by atoms with van der Waals surface area (Å²) in [7, 11) is 1.56. The average Bonchev–Trinajstić information content (AvgIpc) is 2.66. The molecule has 82 valence electrons. The van der Waals surface area contributed by atoms with E-state index in [9.17, 15) is 14.9 Å². The smallest absolute Gasteiger partial charge is 0.324 e. The first-order valence-corrected chi connectivity index (χ1v) is 5.09. The van der Waals surface area contributed by atoms with Crippen LogP contribution < -0.4 is 10.6 Å². The Morgan fingerprint density at radius 1 is 1.60 bits per heavy atom. The second kappa shape index (κ2) is 5.42. The molecule has 0 atom stereocenters. The fourth-order valence-electron chi connectivity index (χ4n) is 0.947. The largest absolute Gasteiger partial charge is 0.358 e. The molecule has 0 aliphatic carbocycles. The van der Waals surface area contributed by atoms with Gasteiger partial charge in [0.2, 0.25) is 5.91 Å². The fraction of sp³-hybridized carbons (Fsp3) is 0.375. The number of nitrogens with one attached hydrogen (secondary N) is 2. The highest BCUT2D eigenvalue weighted by Gasteiger charge is 2.09. The van der Waals surface area contributed by atoms with E-state index in [1.165, 1.54) is 6.07 Å². The second-order valence-electron chi connectivity index (χ2n) is 2.77. The topological polar surface area (TPSA) is 84.3 Å². The van der Waals surface area contributed by atoms with Crippen molar-refractivity contribution in [3.8, 4) is 0 Å². The molecule has 0 saturated carbocycles. The maximum atomic E-state index is 10.8. The van der Waals surface area contributed by atoms with Gasteiger partial charge in [-0.3, -0.25) is 14.9 Å². The van der Waals surface area contributed by atoms with Gasteiger partial charge in [-0.15, -0.1) is 0 Å². The number of amides is 1. The summed E-state index contributed by atoms with van der Waals surface area (Å²) in [5.74, 6) is -0.110. The van der Waals surface area contributed by atoms with Gasteiger partial charge < -0.3 is 10.6 Å². The molecule has 15 heavy (non-hydrogen) atoms. The van der Waals surface area contributed by atoms with Gasteiger partial charge in [-0.1, -0.05) is 11.3 Å². The lowest BCUT2D eigenvalue weighted by Gasteiger charge is -2.00. The van der Waals surface area contributed by atoms with Crippen LogP contribution in [0, 0.1) is 10.1 Å². The molecule has 0 radical (unpaired) electrons. The highest BCUT2D eigenvalue weighted by atomic mass is 32.1. The Bertz CT molecular complexity index is 364. The van der Waals surface area contributed by atoms with Gasteiger partial charge >= 0.3 is 5.00 Å². The summed E-state index contributed by atoms with van der Waals surface area (Å²) in [6.45, 7) is 0.675. The summed E-state index contributed by atoms with van der Waals surface area (Å²) in [5.41, 5.74) is 0. The van der Waals surface area contributed by atoms with Gasteiger partial charge in [0.15, 0.2) is 0 Å². The Labute approximate surface area is 90.4 Å². The Kier molecular flexibility index (Phi) is 4.19. The van der Waals surface area contributed by atoms with Crippen LogP contribution in [-0.4, -0.2) is 24.4 Å². The van der Waals surface area contributed by atoms with Crippen molar-refractivity contribution in [2.24, 2.45) is 0 Å². The molecule has 0 saturated heterocycles. The molecule has 0 aliphatic rings. The van der Waals surface area contributed by atoms with Crippen molar-refractivity contribution in [3.05, 3.63) is 27.1 Å². The summed E-state index contributed by atoms with van der Waals surface area (Å²) < 4.78 is 0. The van der Waals surface area contributed by atoms with Gasteiger partial charge in [-0.25, -0.2) is 0 Å². The molecule has 2 N–H and O–H groups in total. The molecule has 1 aromatic rings. The number of nitrogens with zero attached hydrogens (tertiary/aromatic N) is 1. The van der Waals surface area contributed by atoms with Crippen LogP contribution in [-0.2, 0) is 11.3 Å². The van der Waals surface area contributed by atoms with Gasteiger partial charge in [0.1, 0.15) is 0 Å². The summed E-state index contributed by atoms with van der Waals surface area (Å²) in [4.78, 5) is 21.6. The molecule has 0 bridgehead atoms. The van der Waals surface area contributed by atoms with Gasteiger partial charge in [0, 0.05) is 24.5 Å². The standard InChI is InChI=1S/C8H11N3O3S/c1-9-7(12)5-10-4-6-2-3-8(15-6)11(13)14/h2-3,10H,4-5H2,1H3,(H,9,12). The van der Waals surface area contributed by atoms with Crippen LogP contribution in [0.2, 0.25) is 0 Å². The normalized spacial score (nSPS) is 9.93. The highest BCUT2D eigenvalue weighted by molar-refractivity contribution is 7.15. The summed E-state index contributed by atoms with van der Waals surface area (Å²) in [5, 5.41) is 15.8. The van der Waals surface area contributed by atoms with Crippen LogP contribution in [0.25, 0.3) is 0 Å². The first-order chi connectivity index (χ1) is 7.13. The summed E-state index contributed by atoms with van der Waals surface area (Å²) >= 11 is 1.11. The minimum Gasteiger partial charge on any atom is -0.358 e. The fourth-order valence-corrected chi connectivity index (χ4v) is 1.74. The van der Waals surface area contributed by atoms with Crippen LogP contribution in [0.15, 0.2) is 12.1 Å². The maximum absolute atomic E-state index is 10.8. The number of rotatable bonds is 5. The van der Waals surface area contributed by atoms with E-state index in [2.05, 4.69) is 10.6 Å². The summed E-state index contributed by atoms with van der Waals surface area (Å²) in [6.07, 6.45) is 0. The van der Waals surface area contributed by atoms with E-state index >= 15 is 0 Å². The van der Waals surface area contributed by atoms with Gasteiger partial charge in [0.25, 0.3) is 0 Å². The Balaban J connectivity index is 2.38. The molecule has 1 rings (SSSR count). The van der Waals surface area contributed by atoms with E-state index < -0.39 is 4.92 Å². The van der Waals surface area contributed by atoms with Crippen molar-refractivity contribution in [2.45, 2.75) is 6.54 Å². The average molecular weight is 229 g/mol. The van der Waals surface area contributed by atoms with Crippen molar-refractivity contribution in [1.82, 2.24) is 10.6 Å². The molecule has 0 aliphatic heterocycles. The minimum absolute atomic E-state index is 0.110. The van der Waals surface area contributed by atoms with Gasteiger partial charge in [-0.05, 0) is 6.07 Å². The highest BCUT2D eigenvalue weighted by Crippen LogP contribution is 2.23. The third-order valence-corrected chi connectivity index (χ3v) is 2.73. The lowest BCUT2D eigenvalue weighted by Crippen LogP contribution is -2.30. The number of thiophene rings is 1. The zero-order valence-electron chi connectivity index (χ0n) is 8.15. The molecule has 0 fully saturated rings. The van der Waals surface area contributed by atoms with Crippen LogP contribution in [0.1, 0.15) is 4.88 Å². The van der Waals surface area contributed by atoms with Crippen molar-refractivity contribution in [1.29, 1.82) is 0 Å². The van der Waals surface area contributed by atoms with Crippen molar-refractivity contribution < 1.29 is 9.72 Å². The zero-order valence-corrected chi connectivity index (χ0v) is 8.97. The molecule has 6 nitrogen and oxygen atoms in total. The Morgan fingerprint density at radius 3 is 2.87 bits per heavy atom. The van der Waals surface area contributed by atoms with Crippen LogP contribution >= 0.6 is 11.3 Å². The predicted molar refractivity (Wildman–Crippen MR) is 56.7 cm³/mol. The van der Waals surface area contributed by atoms with Crippen LogP contribution in [0.5, 0.6) is 0 Å². The van der Waals surface area contributed by atoms with Crippen molar-refractivity contribution in [3.63, 3.8) is 0 Å². The number of hydrogen-bond donors (Lipinski definition) is 2. The van der Waals surface area contributed by atoms with Crippen molar-refractivity contribution in [2.75, 3.05) is 13.6 Å². The molecule has 7 heteroatoms. The maximum Gasteiger partial charge on any atom is 0.324 e. The monoisotopic (exact) mass is 229 g/mol. The SMILES string of the molecule is CNC(=O)CNCc1ccc([N+](=O)[O-])s1. The number of carbonyl (C=O) groups excluding carboxylic acids is 1. The molecule has 0 spiro atoms. The second-order valence-corrected chi connectivity index (χ2v) is 3.92. The Hall–Kier alpha value is -1.47. The van der Waals surface area contributed by atoms with Gasteiger partial charge in [0.05, 0.1) is 11.5 Å². The lowest BCUT2D eigenvalue weighted by atomic mass is 10.4. The van der Waals surface area contributed by atoms with Crippen LogP contribution in [0.3, 0.4) is 0 Å². The molecule has 0 aromatic carbocycles. The third-order valence-electron chi connectivity index (χ3n) is 1.69. The number of nitro groups is 1.